The van der Waals surface area contributed by atoms with Crippen molar-refractivity contribution in [3.8, 4) is 12.0 Å². The lowest BCUT2D eigenvalue weighted by Gasteiger charge is -2.07. The molecule has 0 unspecified atom stereocenters. The summed E-state index contributed by atoms with van der Waals surface area (Å²) in [5.74, 6) is 6.79. The number of imidazole rings is 1. The molecular formula is C9H13N7O. The minimum Gasteiger partial charge on any atom is -0.467 e. The first-order valence-electron chi connectivity index (χ1n) is 5.07. The van der Waals surface area contributed by atoms with Crippen LogP contribution in [0.4, 0.5) is 5.95 Å². The molecule has 0 aliphatic heterocycles. The van der Waals surface area contributed by atoms with Crippen LogP contribution in [0.2, 0.25) is 0 Å². The van der Waals surface area contributed by atoms with Crippen LogP contribution in [-0.2, 0) is 6.42 Å². The number of rotatable bonds is 4. The molecular weight excluding hydrogens is 222 g/mol. The Balaban J connectivity index is 2.51. The fourth-order valence-electron chi connectivity index (χ4n) is 1.39. The van der Waals surface area contributed by atoms with E-state index in [9.17, 15) is 0 Å². The van der Waals surface area contributed by atoms with Crippen molar-refractivity contribution in [2.75, 3.05) is 12.5 Å². The summed E-state index contributed by atoms with van der Waals surface area (Å²) in [5, 5.41) is 0. The first-order chi connectivity index (χ1) is 8.28. The highest BCUT2D eigenvalue weighted by atomic mass is 16.5. The SMILES string of the molecule is CCc1nccn1-c1nc(NN)nc(OC)n1. The zero-order chi connectivity index (χ0) is 12.3. The van der Waals surface area contributed by atoms with Gasteiger partial charge in [-0.1, -0.05) is 6.92 Å². The van der Waals surface area contributed by atoms with E-state index in [1.54, 1.807) is 17.0 Å². The highest BCUT2D eigenvalue weighted by Gasteiger charge is 2.10. The van der Waals surface area contributed by atoms with Crippen molar-refractivity contribution in [3.05, 3.63) is 18.2 Å². The van der Waals surface area contributed by atoms with Crippen molar-refractivity contribution < 1.29 is 4.74 Å². The van der Waals surface area contributed by atoms with E-state index in [4.69, 9.17) is 10.6 Å². The Labute approximate surface area is 97.9 Å². The number of nitrogen functional groups attached to an aromatic ring is 1. The molecule has 8 heteroatoms. The highest BCUT2D eigenvalue weighted by Crippen LogP contribution is 2.12. The lowest BCUT2D eigenvalue weighted by molar-refractivity contribution is 0.378. The van der Waals surface area contributed by atoms with Gasteiger partial charge in [0.15, 0.2) is 0 Å². The van der Waals surface area contributed by atoms with E-state index in [1.807, 2.05) is 6.92 Å². The Morgan fingerprint density at radius 3 is 2.88 bits per heavy atom. The van der Waals surface area contributed by atoms with Crippen LogP contribution in [0.3, 0.4) is 0 Å². The Bertz CT molecular complexity index is 488. The maximum absolute atomic E-state index is 5.28. The molecule has 0 atom stereocenters. The molecule has 8 nitrogen and oxygen atoms in total. The molecule has 2 aromatic rings. The average Bonchev–Trinajstić information content (AvgIpc) is 2.86. The van der Waals surface area contributed by atoms with E-state index in [0.29, 0.717) is 5.95 Å². The van der Waals surface area contributed by atoms with E-state index < -0.39 is 0 Å². The van der Waals surface area contributed by atoms with Gasteiger partial charge in [-0.2, -0.15) is 15.0 Å². The molecule has 0 aliphatic carbocycles. The van der Waals surface area contributed by atoms with E-state index in [-0.39, 0.29) is 12.0 Å². The lowest BCUT2D eigenvalue weighted by atomic mass is 10.4. The summed E-state index contributed by atoms with van der Waals surface area (Å²) in [6.45, 7) is 2.00. The van der Waals surface area contributed by atoms with E-state index in [1.165, 1.54) is 7.11 Å². The van der Waals surface area contributed by atoms with Crippen LogP contribution in [0.1, 0.15) is 12.7 Å². The molecule has 2 heterocycles. The van der Waals surface area contributed by atoms with Crippen LogP contribution < -0.4 is 16.0 Å². The van der Waals surface area contributed by atoms with Crippen LogP contribution >= 0.6 is 0 Å². The van der Waals surface area contributed by atoms with E-state index in [0.717, 1.165) is 12.2 Å². The van der Waals surface area contributed by atoms with Crippen LogP contribution in [-0.4, -0.2) is 31.6 Å². The number of nitrogens with zero attached hydrogens (tertiary/aromatic N) is 5. The second-order valence-corrected chi connectivity index (χ2v) is 3.16. The monoisotopic (exact) mass is 235 g/mol. The van der Waals surface area contributed by atoms with Gasteiger partial charge in [0.25, 0.3) is 0 Å². The van der Waals surface area contributed by atoms with Crippen LogP contribution in [0, 0.1) is 0 Å². The van der Waals surface area contributed by atoms with Gasteiger partial charge in [-0.15, -0.1) is 0 Å². The summed E-state index contributed by atoms with van der Waals surface area (Å²) in [4.78, 5) is 16.4. The molecule has 0 aliphatic rings. The number of hydrogen-bond donors (Lipinski definition) is 2. The number of nitrogens with two attached hydrogens (primary N) is 1. The molecule has 2 rings (SSSR count). The summed E-state index contributed by atoms with van der Waals surface area (Å²) in [6, 6.07) is 0.193. The third kappa shape index (κ3) is 2.16. The van der Waals surface area contributed by atoms with Gasteiger partial charge in [0, 0.05) is 18.8 Å². The van der Waals surface area contributed by atoms with Gasteiger partial charge < -0.3 is 4.74 Å². The van der Waals surface area contributed by atoms with Gasteiger partial charge in [0.05, 0.1) is 7.11 Å². The van der Waals surface area contributed by atoms with Crippen molar-refractivity contribution in [1.82, 2.24) is 24.5 Å². The van der Waals surface area contributed by atoms with Crippen LogP contribution in [0.5, 0.6) is 6.01 Å². The molecule has 0 amide bonds. The second kappa shape index (κ2) is 4.74. The summed E-state index contributed by atoms with van der Waals surface area (Å²) in [5.41, 5.74) is 2.37. The predicted octanol–water partition coefficient (Wildman–Crippen LogP) is -0.0861. The van der Waals surface area contributed by atoms with Crippen molar-refractivity contribution in [1.29, 1.82) is 0 Å². The largest absolute Gasteiger partial charge is 0.467 e. The third-order valence-corrected chi connectivity index (χ3v) is 2.16. The van der Waals surface area contributed by atoms with Gasteiger partial charge in [-0.3, -0.25) is 9.99 Å². The van der Waals surface area contributed by atoms with Crippen molar-refractivity contribution in [2.45, 2.75) is 13.3 Å². The normalized spacial score (nSPS) is 10.3. The molecule has 0 aromatic carbocycles. The quantitative estimate of drug-likeness (QED) is 0.564. The number of aromatic nitrogens is 5. The minimum absolute atomic E-state index is 0.193. The Morgan fingerprint density at radius 2 is 2.24 bits per heavy atom. The van der Waals surface area contributed by atoms with Crippen molar-refractivity contribution >= 4 is 5.95 Å². The molecule has 17 heavy (non-hydrogen) atoms. The van der Waals surface area contributed by atoms with Gasteiger partial charge in [0.2, 0.25) is 11.9 Å². The fraction of sp³-hybridized carbons (Fsp3) is 0.333. The van der Waals surface area contributed by atoms with Crippen LogP contribution in [0.15, 0.2) is 12.4 Å². The predicted molar refractivity (Wildman–Crippen MR) is 60.7 cm³/mol. The number of anilines is 1. The number of hydrogen-bond acceptors (Lipinski definition) is 7. The molecule has 0 saturated heterocycles. The van der Waals surface area contributed by atoms with Crippen molar-refractivity contribution in [3.63, 3.8) is 0 Å². The minimum atomic E-state index is 0.193. The molecule has 90 valence electrons. The smallest absolute Gasteiger partial charge is 0.322 e. The molecule has 0 bridgehead atoms. The topological polar surface area (TPSA) is 104 Å². The Morgan fingerprint density at radius 1 is 1.41 bits per heavy atom. The molecule has 0 spiro atoms. The lowest BCUT2D eigenvalue weighted by Crippen LogP contribution is -2.14. The standard InChI is InChI=1S/C9H13N7O/c1-3-6-11-4-5-16(6)8-12-7(15-10)13-9(14-8)17-2/h4-5H,3,10H2,1-2H3,(H,12,13,14,15). The van der Waals surface area contributed by atoms with Gasteiger partial charge in [0.1, 0.15) is 5.82 Å². The molecule has 0 radical (unpaired) electrons. The number of hydrazine groups is 1. The third-order valence-electron chi connectivity index (χ3n) is 2.16. The maximum atomic E-state index is 5.28. The molecule has 3 N–H and O–H groups in total. The zero-order valence-electron chi connectivity index (χ0n) is 9.58. The fourth-order valence-corrected chi connectivity index (χ4v) is 1.39. The van der Waals surface area contributed by atoms with Gasteiger partial charge >= 0.3 is 6.01 Å². The first kappa shape index (κ1) is 11.3. The highest BCUT2D eigenvalue weighted by molar-refractivity contribution is 5.29. The average molecular weight is 235 g/mol. The first-order valence-corrected chi connectivity index (χ1v) is 5.07. The van der Waals surface area contributed by atoms with Crippen molar-refractivity contribution in [2.24, 2.45) is 5.84 Å². The maximum Gasteiger partial charge on any atom is 0.322 e. The number of nitrogens with one attached hydrogen (secondary N) is 1. The summed E-state index contributed by atoms with van der Waals surface area (Å²) in [7, 11) is 1.48. The summed E-state index contributed by atoms with van der Waals surface area (Å²) < 4.78 is 6.73. The van der Waals surface area contributed by atoms with E-state index in [2.05, 4.69) is 25.4 Å². The van der Waals surface area contributed by atoms with E-state index >= 15 is 0 Å². The summed E-state index contributed by atoms with van der Waals surface area (Å²) >= 11 is 0. The number of aryl methyl sites for hydroxylation is 1. The molecule has 0 saturated carbocycles. The van der Waals surface area contributed by atoms with Crippen LogP contribution in [0.25, 0.3) is 5.95 Å². The van der Waals surface area contributed by atoms with Gasteiger partial charge in [-0.25, -0.2) is 10.8 Å². The summed E-state index contributed by atoms with van der Waals surface area (Å²) in [6.07, 6.45) is 4.23. The number of methoxy groups -OCH3 is 1. The molecule has 2 aromatic heterocycles. The second-order valence-electron chi connectivity index (χ2n) is 3.16. The zero-order valence-corrected chi connectivity index (χ0v) is 9.58. The Hall–Kier alpha value is -2.22. The number of ether oxygens (including phenoxy) is 1. The molecule has 0 fully saturated rings. The Kier molecular flexibility index (Phi) is 3.15. The van der Waals surface area contributed by atoms with Gasteiger partial charge in [-0.05, 0) is 0 Å².